The van der Waals surface area contributed by atoms with Gasteiger partial charge in [-0.05, 0) is 30.7 Å². The predicted octanol–water partition coefficient (Wildman–Crippen LogP) is 2.19. The molecule has 0 fully saturated rings. The molecule has 0 atom stereocenters. The Labute approximate surface area is 119 Å². The number of amidine groups is 1. The highest BCUT2D eigenvalue weighted by Crippen LogP contribution is 2.26. The number of nitrogens with zero attached hydrogens (tertiary/aromatic N) is 3. The zero-order valence-corrected chi connectivity index (χ0v) is 11.1. The van der Waals surface area contributed by atoms with E-state index < -0.39 is 4.92 Å². The van der Waals surface area contributed by atoms with E-state index >= 15 is 0 Å². The zero-order valence-electron chi connectivity index (χ0n) is 11.1. The molecule has 3 N–H and O–H groups in total. The highest BCUT2D eigenvalue weighted by atomic mass is 16.6. The Balaban J connectivity index is 2.35. The Hall–Kier alpha value is -3.16. The molecular formula is C13H12N4O4. The zero-order chi connectivity index (χ0) is 15.4. The fraction of sp³-hybridized carbons (Fsp3) is 0.0769. The number of hydrogen-bond donors (Lipinski definition) is 2. The molecule has 8 nitrogen and oxygen atoms in total. The molecule has 0 spiro atoms. The van der Waals surface area contributed by atoms with Crippen LogP contribution < -0.4 is 10.5 Å². The van der Waals surface area contributed by atoms with Crippen molar-refractivity contribution in [2.45, 2.75) is 6.92 Å². The van der Waals surface area contributed by atoms with Gasteiger partial charge in [0.25, 0.3) is 5.69 Å². The highest BCUT2D eigenvalue weighted by molar-refractivity contribution is 6.00. The number of nitro benzene ring substituents is 1. The van der Waals surface area contributed by atoms with E-state index in [1.165, 1.54) is 30.5 Å². The largest absolute Gasteiger partial charge is 0.438 e. The third kappa shape index (κ3) is 3.06. The molecule has 0 unspecified atom stereocenters. The summed E-state index contributed by atoms with van der Waals surface area (Å²) in [4.78, 5) is 14.1. The summed E-state index contributed by atoms with van der Waals surface area (Å²) in [6, 6.07) is 7.20. The normalized spacial score (nSPS) is 11.2. The molecule has 0 aliphatic heterocycles. The molecule has 21 heavy (non-hydrogen) atoms. The fourth-order valence-electron chi connectivity index (χ4n) is 1.72. The smallest absolute Gasteiger partial charge is 0.269 e. The Morgan fingerprint density at radius 3 is 2.62 bits per heavy atom. The maximum absolute atomic E-state index is 10.6. The standard InChI is InChI=1S/C13H12N4O4/c1-8-6-7-15-13(11(8)12(14)16-18)21-10-4-2-9(3-5-10)17(19)20/h2-7,18H,1H3,(H2,14,16). The summed E-state index contributed by atoms with van der Waals surface area (Å²) in [5.74, 6) is 0.377. The third-order valence-corrected chi connectivity index (χ3v) is 2.75. The van der Waals surface area contributed by atoms with Crippen LogP contribution in [0, 0.1) is 17.0 Å². The van der Waals surface area contributed by atoms with E-state index in [9.17, 15) is 10.1 Å². The minimum Gasteiger partial charge on any atom is -0.438 e. The lowest BCUT2D eigenvalue weighted by Crippen LogP contribution is -2.16. The number of pyridine rings is 1. The molecule has 8 heteroatoms. The van der Waals surface area contributed by atoms with Crippen molar-refractivity contribution in [3.8, 4) is 11.6 Å². The van der Waals surface area contributed by atoms with Crippen molar-refractivity contribution in [1.82, 2.24) is 4.98 Å². The molecule has 108 valence electrons. The SMILES string of the molecule is Cc1ccnc(Oc2ccc([N+](=O)[O-])cc2)c1/C(N)=N/O. The molecule has 0 radical (unpaired) electrons. The molecule has 0 aliphatic rings. The maximum atomic E-state index is 10.6. The first kappa shape index (κ1) is 14.3. The van der Waals surface area contributed by atoms with Crippen molar-refractivity contribution in [3.63, 3.8) is 0 Å². The van der Waals surface area contributed by atoms with Gasteiger partial charge in [-0.3, -0.25) is 10.1 Å². The van der Waals surface area contributed by atoms with E-state index in [4.69, 9.17) is 15.7 Å². The van der Waals surface area contributed by atoms with Gasteiger partial charge in [0, 0.05) is 18.3 Å². The van der Waals surface area contributed by atoms with Gasteiger partial charge >= 0.3 is 0 Å². The van der Waals surface area contributed by atoms with Crippen molar-refractivity contribution >= 4 is 11.5 Å². The number of ether oxygens (including phenoxy) is 1. The number of rotatable bonds is 4. The van der Waals surface area contributed by atoms with E-state index in [0.717, 1.165) is 5.56 Å². The molecule has 0 saturated carbocycles. The monoisotopic (exact) mass is 288 g/mol. The number of nitro groups is 1. The summed E-state index contributed by atoms with van der Waals surface area (Å²) in [7, 11) is 0. The highest BCUT2D eigenvalue weighted by Gasteiger charge is 2.14. The van der Waals surface area contributed by atoms with Crippen molar-refractivity contribution in [1.29, 1.82) is 0 Å². The second kappa shape index (κ2) is 5.87. The van der Waals surface area contributed by atoms with Crippen LogP contribution in [-0.2, 0) is 0 Å². The number of nitrogens with two attached hydrogens (primary N) is 1. The Bertz CT molecular complexity index is 698. The molecule has 0 bridgehead atoms. The van der Waals surface area contributed by atoms with Crippen LogP contribution in [0.25, 0.3) is 0 Å². The van der Waals surface area contributed by atoms with Crippen LogP contribution in [0.5, 0.6) is 11.6 Å². The molecular weight excluding hydrogens is 276 g/mol. The van der Waals surface area contributed by atoms with Gasteiger partial charge in [0.15, 0.2) is 5.84 Å². The predicted molar refractivity (Wildman–Crippen MR) is 74.7 cm³/mol. The molecule has 0 amide bonds. The van der Waals surface area contributed by atoms with Crippen LogP contribution >= 0.6 is 0 Å². The maximum Gasteiger partial charge on any atom is 0.269 e. The average Bonchev–Trinajstić information content (AvgIpc) is 2.47. The number of aryl methyl sites for hydroxylation is 1. The van der Waals surface area contributed by atoms with Crippen molar-refractivity contribution < 1.29 is 14.9 Å². The van der Waals surface area contributed by atoms with E-state index in [-0.39, 0.29) is 17.4 Å². The summed E-state index contributed by atoms with van der Waals surface area (Å²) in [6.45, 7) is 1.76. The lowest BCUT2D eigenvalue weighted by Gasteiger charge is -2.11. The summed E-state index contributed by atoms with van der Waals surface area (Å²) in [5, 5.41) is 22.3. The fourth-order valence-corrected chi connectivity index (χ4v) is 1.72. The topological polar surface area (TPSA) is 124 Å². The van der Waals surface area contributed by atoms with Gasteiger partial charge < -0.3 is 15.7 Å². The Morgan fingerprint density at radius 1 is 1.38 bits per heavy atom. The van der Waals surface area contributed by atoms with Crippen LogP contribution in [-0.4, -0.2) is 21.0 Å². The van der Waals surface area contributed by atoms with E-state index in [0.29, 0.717) is 11.3 Å². The van der Waals surface area contributed by atoms with Gasteiger partial charge in [0.2, 0.25) is 5.88 Å². The van der Waals surface area contributed by atoms with Crippen LogP contribution in [0.3, 0.4) is 0 Å². The quantitative estimate of drug-likeness (QED) is 0.292. The van der Waals surface area contributed by atoms with Gasteiger partial charge in [-0.25, -0.2) is 4.98 Å². The first-order chi connectivity index (χ1) is 10.0. The van der Waals surface area contributed by atoms with Gasteiger partial charge in [-0.2, -0.15) is 0 Å². The second-order valence-electron chi connectivity index (χ2n) is 4.15. The number of aromatic nitrogens is 1. The summed E-state index contributed by atoms with van der Waals surface area (Å²) >= 11 is 0. The summed E-state index contributed by atoms with van der Waals surface area (Å²) < 4.78 is 5.54. The Kier molecular flexibility index (Phi) is 3.98. The minimum atomic E-state index is -0.503. The lowest BCUT2D eigenvalue weighted by molar-refractivity contribution is -0.384. The number of hydrogen-bond acceptors (Lipinski definition) is 6. The summed E-state index contributed by atoms with van der Waals surface area (Å²) in [6.07, 6.45) is 1.52. The first-order valence-corrected chi connectivity index (χ1v) is 5.88. The van der Waals surface area contributed by atoms with Gasteiger partial charge in [0.05, 0.1) is 10.5 Å². The molecule has 1 aromatic heterocycles. The van der Waals surface area contributed by atoms with E-state index in [1.807, 2.05) is 0 Å². The lowest BCUT2D eigenvalue weighted by atomic mass is 10.1. The molecule has 2 rings (SSSR count). The third-order valence-electron chi connectivity index (χ3n) is 2.75. The second-order valence-corrected chi connectivity index (χ2v) is 4.15. The van der Waals surface area contributed by atoms with Crippen LogP contribution in [0.15, 0.2) is 41.7 Å². The molecule has 2 aromatic rings. The van der Waals surface area contributed by atoms with Gasteiger partial charge in [0.1, 0.15) is 5.75 Å². The van der Waals surface area contributed by atoms with Gasteiger partial charge in [-0.15, -0.1) is 0 Å². The van der Waals surface area contributed by atoms with Crippen LogP contribution in [0.2, 0.25) is 0 Å². The molecule has 1 heterocycles. The first-order valence-electron chi connectivity index (χ1n) is 5.88. The van der Waals surface area contributed by atoms with Gasteiger partial charge in [-0.1, -0.05) is 5.16 Å². The van der Waals surface area contributed by atoms with E-state index in [2.05, 4.69) is 10.1 Å². The molecule has 1 aromatic carbocycles. The minimum absolute atomic E-state index is 0.0452. The molecule has 0 saturated heterocycles. The van der Waals surface area contributed by atoms with E-state index in [1.54, 1.807) is 13.0 Å². The number of benzene rings is 1. The van der Waals surface area contributed by atoms with Crippen LogP contribution in [0.4, 0.5) is 5.69 Å². The molecule has 0 aliphatic carbocycles. The van der Waals surface area contributed by atoms with Crippen molar-refractivity contribution in [2.24, 2.45) is 10.9 Å². The van der Waals surface area contributed by atoms with Crippen molar-refractivity contribution in [3.05, 3.63) is 57.8 Å². The number of non-ortho nitro benzene ring substituents is 1. The number of oxime groups is 1. The van der Waals surface area contributed by atoms with Crippen molar-refractivity contribution in [2.75, 3.05) is 0 Å². The van der Waals surface area contributed by atoms with Crippen LogP contribution in [0.1, 0.15) is 11.1 Å². The summed E-state index contributed by atoms with van der Waals surface area (Å²) in [5.41, 5.74) is 6.64. The average molecular weight is 288 g/mol. The Morgan fingerprint density at radius 2 is 2.05 bits per heavy atom.